The summed E-state index contributed by atoms with van der Waals surface area (Å²) in [7, 11) is 0. The minimum Gasteiger partial charge on any atom is -0.492 e. The van der Waals surface area contributed by atoms with E-state index in [1.165, 1.54) is 12.8 Å². The third-order valence-electron chi connectivity index (χ3n) is 2.23. The van der Waals surface area contributed by atoms with E-state index in [1.54, 1.807) is 12.1 Å². The first-order valence-electron chi connectivity index (χ1n) is 4.62. The molecule has 1 aromatic rings. The van der Waals surface area contributed by atoms with Gasteiger partial charge in [-0.15, -0.1) is 0 Å². The fourth-order valence-electron chi connectivity index (χ4n) is 1.18. The van der Waals surface area contributed by atoms with Crippen LogP contribution in [0.1, 0.15) is 18.4 Å². The van der Waals surface area contributed by atoms with Crippen molar-refractivity contribution >= 4 is 15.9 Å². The van der Waals surface area contributed by atoms with Crippen LogP contribution in [-0.4, -0.2) is 6.61 Å². The second-order valence-corrected chi connectivity index (χ2v) is 4.37. The van der Waals surface area contributed by atoms with Crippen molar-refractivity contribution in [2.75, 3.05) is 6.61 Å². The molecule has 0 saturated heterocycles. The van der Waals surface area contributed by atoms with Crippen LogP contribution in [0.2, 0.25) is 0 Å². The molecule has 2 nitrogen and oxygen atoms in total. The molecular weight excluding hydrogens is 242 g/mol. The number of nitriles is 1. The maximum atomic E-state index is 8.72. The van der Waals surface area contributed by atoms with Gasteiger partial charge in [-0.05, 0) is 52.9 Å². The monoisotopic (exact) mass is 251 g/mol. The van der Waals surface area contributed by atoms with E-state index in [4.69, 9.17) is 10.00 Å². The zero-order valence-corrected chi connectivity index (χ0v) is 9.25. The summed E-state index contributed by atoms with van der Waals surface area (Å²) in [5, 5.41) is 8.72. The van der Waals surface area contributed by atoms with Crippen LogP contribution in [0.4, 0.5) is 0 Å². The second kappa shape index (κ2) is 4.02. The van der Waals surface area contributed by atoms with Crippen LogP contribution < -0.4 is 4.74 Å². The first-order valence-corrected chi connectivity index (χ1v) is 5.41. The normalized spacial score (nSPS) is 14.9. The molecule has 1 aliphatic carbocycles. The van der Waals surface area contributed by atoms with Crippen molar-refractivity contribution in [1.82, 2.24) is 0 Å². The van der Waals surface area contributed by atoms with Crippen LogP contribution in [0.5, 0.6) is 5.75 Å². The number of rotatable bonds is 3. The largest absolute Gasteiger partial charge is 0.492 e. The Hall–Kier alpha value is -1.01. The van der Waals surface area contributed by atoms with Gasteiger partial charge in [0.1, 0.15) is 5.75 Å². The molecule has 3 heteroatoms. The van der Waals surface area contributed by atoms with Gasteiger partial charge in [-0.2, -0.15) is 5.26 Å². The minimum absolute atomic E-state index is 0.638. The fourth-order valence-corrected chi connectivity index (χ4v) is 1.54. The van der Waals surface area contributed by atoms with E-state index < -0.39 is 0 Å². The van der Waals surface area contributed by atoms with Gasteiger partial charge in [0.2, 0.25) is 0 Å². The van der Waals surface area contributed by atoms with E-state index in [-0.39, 0.29) is 0 Å². The lowest BCUT2D eigenvalue weighted by molar-refractivity contribution is 0.298. The summed E-state index contributed by atoms with van der Waals surface area (Å²) in [4.78, 5) is 0. The Bertz CT molecular complexity index is 379. The Morgan fingerprint density at radius 1 is 1.50 bits per heavy atom. The molecule has 0 aromatic heterocycles. The van der Waals surface area contributed by atoms with E-state index in [9.17, 15) is 0 Å². The fraction of sp³-hybridized carbons (Fsp3) is 0.364. The average Bonchev–Trinajstić information content (AvgIpc) is 3.00. The Labute approximate surface area is 91.6 Å². The third-order valence-corrected chi connectivity index (χ3v) is 2.89. The summed E-state index contributed by atoms with van der Waals surface area (Å²) in [6, 6.07) is 7.49. The molecule has 0 N–H and O–H groups in total. The van der Waals surface area contributed by atoms with Crippen molar-refractivity contribution in [3.63, 3.8) is 0 Å². The Balaban J connectivity index is 2.09. The van der Waals surface area contributed by atoms with Gasteiger partial charge < -0.3 is 4.74 Å². The molecule has 1 saturated carbocycles. The number of hydrogen-bond acceptors (Lipinski definition) is 2. The van der Waals surface area contributed by atoms with Crippen molar-refractivity contribution in [2.45, 2.75) is 12.8 Å². The molecule has 72 valence electrons. The molecule has 2 rings (SSSR count). The van der Waals surface area contributed by atoms with Crippen molar-refractivity contribution in [1.29, 1.82) is 5.26 Å². The molecule has 0 aliphatic heterocycles. The van der Waals surface area contributed by atoms with Crippen LogP contribution in [0, 0.1) is 17.2 Å². The highest BCUT2D eigenvalue weighted by atomic mass is 79.9. The van der Waals surface area contributed by atoms with Gasteiger partial charge in [0.25, 0.3) is 0 Å². The zero-order chi connectivity index (χ0) is 9.97. The Morgan fingerprint density at radius 3 is 2.93 bits per heavy atom. The molecule has 1 aliphatic rings. The highest BCUT2D eigenvalue weighted by Crippen LogP contribution is 2.32. The third kappa shape index (κ3) is 2.27. The van der Waals surface area contributed by atoms with Crippen LogP contribution >= 0.6 is 15.9 Å². The molecular formula is C11H10BrNO. The Morgan fingerprint density at radius 2 is 2.29 bits per heavy atom. The topological polar surface area (TPSA) is 33.0 Å². The molecule has 0 radical (unpaired) electrons. The average molecular weight is 252 g/mol. The van der Waals surface area contributed by atoms with Crippen LogP contribution in [0.3, 0.4) is 0 Å². The predicted molar refractivity (Wildman–Crippen MR) is 57.1 cm³/mol. The summed E-state index contributed by atoms with van der Waals surface area (Å²) in [5.74, 6) is 1.50. The van der Waals surface area contributed by atoms with Crippen LogP contribution in [-0.2, 0) is 0 Å². The lowest BCUT2D eigenvalue weighted by Gasteiger charge is -2.07. The van der Waals surface area contributed by atoms with Gasteiger partial charge in [0, 0.05) is 0 Å². The quantitative estimate of drug-likeness (QED) is 0.827. The molecule has 1 aromatic carbocycles. The second-order valence-electron chi connectivity index (χ2n) is 3.51. The van der Waals surface area contributed by atoms with E-state index >= 15 is 0 Å². The molecule has 14 heavy (non-hydrogen) atoms. The number of benzene rings is 1. The summed E-state index contributed by atoms with van der Waals surface area (Å²) in [6.45, 7) is 0.771. The minimum atomic E-state index is 0.638. The van der Waals surface area contributed by atoms with E-state index in [0.29, 0.717) is 5.56 Å². The van der Waals surface area contributed by atoms with Gasteiger partial charge in [-0.25, -0.2) is 0 Å². The van der Waals surface area contributed by atoms with Gasteiger partial charge in [0.05, 0.1) is 22.7 Å². The number of hydrogen-bond donors (Lipinski definition) is 0. The molecule has 0 unspecified atom stereocenters. The van der Waals surface area contributed by atoms with Crippen LogP contribution in [0.25, 0.3) is 0 Å². The van der Waals surface area contributed by atoms with Crippen molar-refractivity contribution in [3.05, 3.63) is 28.2 Å². The number of halogens is 1. The maximum Gasteiger partial charge on any atom is 0.134 e. The van der Waals surface area contributed by atoms with Crippen molar-refractivity contribution in [2.24, 2.45) is 5.92 Å². The van der Waals surface area contributed by atoms with Gasteiger partial charge >= 0.3 is 0 Å². The van der Waals surface area contributed by atoms with Gasteiger partial charge in [0.15, 0.2) is 0 Å². The first kappa shape index (κ1) is 9.54. The van der Waals surface area contributed by atoms with Crippen molar-refractivity contribution < 1.29 is 4.74 Å². The van der Waals surface area contributed by atoms with Crippen molar-refractivity contribution in [3.8, 4) is 11.8 Å². The summed E-state index contributed by atoms with van der Waals surface area (Å²) in [6.07, 6.45) is 2.55. The van der Waals surface area contributed by atoms with E-state index in [2.05, 4.69) is 22.0 Å². The van der Waals surface area contributed by atoms with Gasteiger partial charge in [-0.3, -0.25) is 0 Å². The molecule has 0 heterocycles. The lowest BCUT2D eigenvalue weighted by atomic mass is 10.2. The summed E-state index contributed by atoms with van der Waals surface area (Å²) in [5.41, 5.74) is 0.638. The smallest absolute Gasteiger partial charge is 0.134 e. The maximum absolute atomic E-state index is 8.72. The standard InChI is InChI=1S/C11H10BrNO/c12-10-4-3-9(6-13)5-11(10)14-7-8-1-2-8/h3-5,8H,1-2,7H2. The van der Waals surface area contributed by atoms with Crippen LogP contribution in [0.15, 0.2) is 22.7 Å². The summed E-state index contributed by atoms with van der Waals surface area (Å²) >= 11 is 3.40. The van der Waals surface area contributed by atoms with E-state index in [1.807, 2.05) is 6.07 Å². The SMILES string of the molecule is N#Cc1ccc(Br)c(OCC2CC2)c1. The lowest BCUT2D eigenvalue weighted by Crippen LogP contribution is -1.99. The number of nitrogens with zero attached hydrogens (tertiary/aromatic N) is 1. The highest BCUT2D eigenvalue weighted by Gasteiger charge is 2.22. The Kier molecular flexibility index (Phi) is 2.74. The molecule has 0 bridgehead atoms. The molecule has 0 amide bonds. The number of ether oxygens (including phenoxy) is 1. The first-order chi connectivity index (χ1) is 6.79. The summed E-state index contributed by atoms with van der Waals surface area (Å²) < 4.78 is 6.52. The van der Waals surface area contributed by atoms with Gasteiger partial charge in [-0.1, -0.05) is 0 Å². The zero-order valence-electron chi connectivity index (χ0n) is 7.66. The predicted octanol–water partition coefficient (Wildman–Crippen LogP) is 3.11. The highest BCUT2D eigenvalue weighted by molar-refractivity contribution is 9.10. The molecule has 0 spiro atoms. The molecule has 0 atom stereocenters. The van der Waals surface area contributed by atoms with E-state index in [0.717, 1.165) is 22.7 Å². The molecule has 1 fully saturated rings.